The Morgan fingerprint density at radius 1 is 1.29 bits per heavy atom. The number of hydrogen-bond acceptors (Lipinski definition) is 3. The first-order valence-electron chi connectivity index (χ1n) is 7.18. The molecule has 1 amide bonds. The molecule has 0 aliphatic carbocycles. The molecule has 112 valence electrons. The lowest BCUT2D eigenvalue weighted by atomic mass is 10.1. The molecule has 0 aliphatic rings. The highest BCUT2D eigenvalue weighted by molar-refractivity contribution is 7.09. The molecule has 0 aliphatic heterocycles. The molecule has 0 saturated carbocycles. The van der Waals surface area contributed by atoms with Gasteiger partial charge < -0.3 is 10.6 Å². The second-order valence-corrected chi connectivity index (χ2v) is 6.41. The Morgan fingerprint density at radius 3 is 2.62 bits per heavy atom. The Balaban J connectivity index is 1.83. The number of anilines is 1. The fraction of sp³-hybridized carbons (Fsp3) is 0.353. The van der Waals surface area contributed by atoms with Gasteiger partial charge in [0.05, 0.1) is 0 Å². The van der Waals surface area contributed by atoms with Crippen LogP contribution in [0, 0.1) is 0 Å². The molecule has 1 heterocycles. The quantitative estimate of drug-likeness (QED) is 0.832. The van der Waals surface area contributed by atoms with Gasteiger partial charge in [-0.3, -0.25) is 4.79 Å². The molecule has 0 saturated heterocycles. The van der Waals surface area contributed by atoms with Crippen molar-refractivity contribution in [2.24, 2.45) is 0 Å². The van der Waals surface area contributed by atoms with Gasteiger partial charge in [0.2, 0.25) is 5.91 Å². The second-order valence-electron chi connectivity index (χ2n) is 5.38. The smallest absolute Gasteiger partial charge is 0.222 e. The number of nitrogens with zero attached hydrogens (tertiary/aromatic N) is 1. The molecule has 2 N–H and O–H groups in total. The molecule has 2 rings (SSSR count). The van der Waals surface area contributed by atoms with Gasteiger partial charge in [0.15, 0.2) is 0 Å². The van der Waals surface area contributed by atoms with Crippen LogP contribution in [-0.2, 0) is 17.6 Å². The Bertz CT molecular complexity index is 563. The number of hydrogen-bond donors (Lipinski definition) is 1. The minimum Gasteiger partial charge on any atom is -0.399 e. The summed E-state index contributed by atoms with van der Waals surface area (Å²) in [4.78, 5) is 15.4. The number of carbonyl (C=O) groups excluding carboxylic acids is 1. The van der Waals surface area contributed by atoms with E-state index in [0.29, 0.717) is 6.42 Å². The fourth-order valence-corrected chi connectivity index (χ4v) is 3.04. The van der Waals surface area contributed by atoms with Crippen LogP contribution in [0.4, 0.5) is 5.69 Å². The molecule has 2 aromatic rings. The molecule has 0 radical (unpaired) electrons. The fourth-order valence-electron chi connectivity index (χ4n) is 2.21. The number of nitrogen functional groups attached to an aromatic ring is 1. The SMILES string of the molecule is CC(Cc1cccs1)N(C)C(=O)CCc1ccc(N)cc1. The second kappa shape index (κ2) is 7.27. The summed E-state index contributed by atoms with van der Waals surface area (Å²) in [5, 5.41) is 2.07. The topological polar surface area (TPSA) is 46.3 Å². The summed E-state index contributed by atoms with van der Waals surface area (Å²) in [6.45, 7) is 2.10. The van der Waals surface area contributed by atoms with Crippen LogP contribution < -0.4 is 5.73 Å². The largest absolute Gasteiger partial charge is 0.399 e. The first-order valence-corrected chi connectivity index (χ1v) is 8.06. The van der Waals surface area contributed by atoms with Gasteiger partial charge in [0.1, 0.15) is 0 Å². The van der Waals surface area contributed by atoms with Gasteiger partial charge in [0, 0.05) is 36.5 Å². The maximum Gasteiger partial charge on any atom is 0.222 e. The molecule has 4 heteroatoms. The van der Waals surface area contributed by atoms with Gasteiger partial charge in [-0.1, -0.05) is 18.2 Å². The molecule has 0 fully saturated rings. The van der Waals surface area contributed by atoms with Crippen LogP contribution in [0.25, 0.3) is 0 Å². The summed E-state index contributed by atoms with van der Waals surface area (Å²) in [6, 6.07) is 12.1. The zero-order chi connectivity index (χ0) is 15.2. The van der Waals surface area contributed by atoms with E-state index >= 15 is 0 Å². The molecular formula is C17H22N2OS. The normalized spacial score (nSPS) is 12.1. The zero-order valence-electron chi connectivity index (χ0n) is 12.6. The molecule has 1 atom stereocenters. The van der Waals surface area contributed by atoms with Gasteiger partial charge in [0.25, 0.3) is 0 Å². The third-order valence-corrected chi connectivity index (χ3v) is 4.64. The van der Waals surface area contributed by atoms with Crippen LogP contribution in [0.5, 0.6) is 0 Å². The molecule has 1 unspecified atom stereocenters. The lowest BCUT2D eigenvalue weighted by Crippen LogP contribution is -2.36. The first-order chi connectivity index (χ1) is 10.1. The number of rotatable bonds is 6. The molecule has 0 spiro atoms. The summed E-state index contributed by atoms with van der Waals surface area (Å²) in [6.07, 6.45) is 2.21. The molecule has 21 heavy (non-hydrogen) atoms. The predicted molar refractivity (Wildman–Crippen MR) is 89.4 cm³/mol. The average Bonchev–Trinajstić information content (AvgIpc) is 2.98. The van der Waals surface area contributed by atoms with E-state index < -0.39 is 0 Å². The van der Waals surface area contributed by atoms with Crippen molar-refractivity contribution in [2.75, 3.05) is 12.8 Å². The Morgan fingerprint density at radius 2 is 2.00 bits per heavy atom. The average molecular weight is 302 g/mol. The van der Waals surface area contributed by atoms with Crippen LogP contribution in [0.3, 0.4) is 0 Å². The number of benzene rings is 1. The van der Waals surface area contributed by atoms with Crippen LogP contribution >= 0.6 is 11.3 Å². The molecule has 0 bridgehead atoms. The maximum atomic E-state index is 12.3. The Kier molecular flexibility index (Phi) is 5.39. The minimum absolute atomic E-state index is 0.191. The standard InChI is InChI=1S/C17H22N2OS/c1-13(12-16-4-3-11-21-16)19(2)17(20)10-7-14-5-8-15(18)9-6-14/h3-6,8-9,11,13H,7,10,12,18H2,1-2H3. The van der Waals surface area contributed by atoms with Crippen LogP contribution in [0.2, 0.25) is 0 Å². The van der Waals surface area contributed by atoms with Crippen molar-refractivity contribution in [3.8, 4) is 0 Å². The van der Waals surface area contributed by atoms with Crippen LogP contribution in [-0.4, -0.2) is 23.9 Å². The van der Waals surface area contributed by atoms with E-state index in [-0.39, 0.29) is 11.9 Å². The summed E-state index contributed by atoms with van der Waals surface area (Å²) < 4.78 is 0. The number of aryl methyl sites for hydroxylation is 1. The number of nitrogens with two attached hydrogens (primary N) is 1. The van der Waals surface area contributed by atoms with Crippen LogP contribution in [0.15, 0.2) is 41.8 Å². The van der Waals surface area contributed by atoms with Crippen molar-refractivity contribution in [1.29, 1.82) is 0 Å². The van der Waals surface area contributed by atoms with E-state index in [1.54, 1.807) is 11.3 Å². The zero-order valence-corrected chi connectivity index (χ0v) is 13.4. The van der Waals surface area contributed by atoms with Crippen molar-refractivity contribution < 1.29 is 4.79 Å². The van der Waals surface area contributed by atoms with Crippen molar-refractivity contribution in [3.05, 3.63) is 52.2 Å². The third kappa shape index (κ3) is 4.60. The Labute approximate surface area is 130 Å². The summed E-state index contributed by atoms with van der Waals surface area (Å²) in [7, 11) is 1.89. The monoisotopic (exact) mass is 302 g/mol. The third-order valence-electron chi connectivity index (χ3n) is 3.74. The minimum atomic E-state index is 0.191. The summed E-state index contributed by atoms with van der Waals surface area (Å²) >= 11 is 1.74. The highest BCUT2D eigenvalue weighted by atomic mass is 32.1. The molecule has 3 nitrogen and oxygen atoms in total. The van der Waals surface area contributed by atoms with Crippen molar-refractivity contribution in [1.82, 2.24) is 4.90 Å². The number of thiophene rings is 1. The molecule has 1 aromatic carbocycles. The highest BCUT2D eigenvalue weighted by Gasteiger charge is 2.16. The van der Waals surface area contributed by atoms with Gasteiger partial charge in [-0.15, -0.1) is 11.3 Å². The van der Waals surface area contributed by atoms with E-state index in [4.69, 9.17) is 5.73 Å². The Hall–Kier alpha value is -1.81. The molecule has 1 aromatic heterocycles. The maximum absolute atomic E-state index is 12.3. The van der Waals surface area contributed by atoms with Gasteiger partial charge in [-0.2, -0.15) is 0 Å². The van der Waals surface area contributed by atoms with E-state index in [0.717, 1.165) is 24.1 Å². The van der Waals surface area contributed by atoms with Gasteiger partial charge >= 0.3 is 0 Å². The predicted octanol–water partition coefficient (Wildman–Crippen LogP) is 3.35. The first kappa shape index (κ1) is 15.6. The van der Waals surface area contributed by atoms with Crippen LogP contribution in [0.1, 0.15) is 23.8 Å². The van der Waals surface area contributed by atoms with E-state index in [2.05, 4.69) is 24.4 Å². The lowest BCUT2D eigenvalue weighted by Gasteiger charge is -2.24. The van der Waals surface area contributed by atoms with Crippen molar-refractivity contribution >= 4 is 22.9 Å². The van der Waals surface area contributed by atoms with E-state index in [9.17, 15) is 4.79 Å². The molecular weight excluding hydrogens is 280 g/mol. The highest BCUT2D eigenvalue weighted by Crippen LogP contribution is 2.15. The van der Waals surface area contributed by atoms with E-state index in [1.807, 2.05) is 36.2 Å². The summed E-state index contributed by atoms with van der Waals surface area (Å²) in [5.41, 5.74) is 7.57. The van der Waals surface area contributed by atoms with Crippen molar-refractivity contribution in [3.63, 3.8) is 0 Å². The summed E-state index contributed by atoms with van der Waals surface area (Å²) in [5.74, 6) is 0.191. The van der Waals surface area contributed by atoms with Crippen molar-refractivity contribution in [2.45, 2.75) is 32.2 Å². The van der Waals surface area contributed by atoms with E-state index in [1.165, 1.54) is 4.88 Å². The number of carbonyl (C=O) groups is 1. The lowest BCUT2D eigenvalue weighted by molar-refractivity contribution is -0.131. The number of likely N-dealkylation sites (N-methyl/N-ethyl adjacent to an activating group) is 1. The van der Waals surface area contributed by atoms with Gasteiger partial charge in [-0.05, 0) is 42.5 Å². The van der Waals surface area contributed by atoms with Gasteiger partial charge in [-0.25, -0.2) is 0 Å². The number of amides is 1.